The summed E-state index contributed by atoms with van der Waals surface area (Å²) in [5, 5.41) is 21.5. The lowest BCUT2D eigenvalue weighted by atomic mass is 10.1. The number of nitriles is 1. The highest BCUT2D eigenvalue weighted by atomic mass is 32.2. The van der Waals surface area contributed by atoms with Crippen LogP contribution in [0.5, 0.6) is 0 Å². The molecule has 0 bridgehead atoms. The zero-order chi connectivity index (χ0) is 21.2. The molecule has 0 amide bonds. The third kappa shape index (κ3) is 3.77. The highest BCUT2D eigenvalue weighted by molar-refractivity contribution is 7.98. The summed E-state index contributed by atoms with van der Waals surface area (Å²) in [6.45, 7) is 0.896. The average molecular weight is 449 g/mol. The number of rotatable bonds is 5. The lowest BCUT2D eigenvalue weighted by Crippen LogP contribution is -2.24. The fourth-order valence-corrected chi connectivity index (χ4v) is 5.82. The predicted molar refractivity (Wildman–Crippen MR) is 122 cm³/mol. The lowest BCUT2D eigenvalue weighted by molar-refractivity contribution is 0.590. The molecule has 9 heteroatoms. The molecule has 0 spiro atoms. The van der Waals surface area contributed by atoms with Crippen LogP contribution in [0, 0.1) is 11.3 Å². The van der Waals surface area contributed by atoms with Crippen LogP contribution >= 0.6 is 23.1 Å². The Kier molecular flexibility index (Phi) is 5.57. The van der Waals surface area contributed by atoms with E-state index < -0.39 is 0 Å². The molecular weight excluding hydrogens is 428 g/mol. The summed E-state index contributed by atoms with van der Waals surface area (Å²) in [6, 6.07) is 11.9. The van der Waals surface area contributed by atoms with Crippen molar-refractivity contribution in [3.8, 4) is 17.2 Å². The molecule has 0 radical (unpaired) electrons. The third-order valence-electron chi connectivity index (χ3n) is 5.49. The second-order valence-corrected chi connectivity index (χ2v) is 9.22. The third-order valence-corrected chi connectivity index (χ3v) is 7.33. The number of fused-ring (bicyclic) bond motifs is 2. The van der Waals surface area contributed by atoms with Crippen molar-refractivity contribution in [2.75, 3.05) is 0 Å². The standard InChI is InChI=1S/C22H20N6OS2/c23-10-12-27-18(14-31-22-26-25-17-9-5-2-6-11-28(17)22)24-20-19(21(27)29)16(13-30-20)15-7-3-1-4-8-15/h1,3-4,7-8,13H,2,5-6,9,11-12,14H2. The van der Waals surface area contributed by atoms with Crippen molar-refractivity contribution in [1.29, 1.82) is 5.26 Å². The molecule has 0 aliphatic carbocycles. The molecule has 4 heterocycles. The zero-order valence-electron chi connectivity index (χ0n) is 16.8. The molecule has 31 heavy (non-hydrogen) atoms. The van der Waals surface area contributed by atoms with Gasteiger partial charge >= 0.3 is 0 Å². The first kappa shape index (κ1) is 20.0. The maximum atomic E-state index is 13.4. The highest BCUT2D eigenvalue weighted by Crippen LogP contribution is 2.32. The molecule has 0 saturated carbocycles. The largest absolute Gasteiger partial charge is 0.306 e. The van der Waals surface area contributed by atoms with Gasteiger partial charge < -0.3 is 4.57 Å². The normalized spacial score (nSPS) is 13.6. The second kappa shape index (κ2) is 8.65. The van der Waals surface area contributed by atoms with Gasteiger partial charge in [0, 0.05) is 23.9 Å². The molecule has 0 fully saturated rings. The van der Waals surface area contributed by atoms with E-state index in [2.05, 4.69) is 20.8 Å². The summed E-state index contributed by atoms with van der Waals surface area (Å²) in [6.07, 6.45) is 4.42. The SMILES string of the molecule is N#CCn1c(CSc2nnc3n2CCCCC3)nc2scc(-c3ccccc3)c2c1=O. The van der Waals surface area contributed by atoms with Gasteiger partial charge in [-0.25, -0.2) is 4.98 Å². The fourth-order valence-electron chi connectivity index (χ4n) is 3.93. The van der Waals surface area contributed by atoms with Crippen LogP contribution in [0.4, 0.5) is 0 Å². The summed E-state index contributed by atoms with van der Waals surface area (Å²) >= 11 is 2.99. The lowest BCUT2D eigenvalue weighted by Gasteiger charge is -2.10. The molecule has 156 valence electrons. The van der Waals surface area contributed by atoms with Gasteiger partial charge in [0.1, 0.15) is 23.0 Å². The summed E-state index contributed by atoms with van der Waals surface area (Å²) < 4.78 is 3.68. The number of aromatic nitrogens is 5. The van der Waals surface area contributed by atoms with E-state index in [0.717, 1.165) is 47.9 Å². The summed E-state index contributed by atoms with van der Waals surface area (Å²) in [5.41, 5.74) is 1.68. The van der Waals surface area contributed by atoms with Gasteiger partial charge in [-0.15, -0.1) is 21.5 Å². The molecular formula is C22H20N6OS2. The molecule has 1 aliphatic heterocycles. The minimum absolute atomic E-state index is 0.0281. The van der Waals surface area contributed by atoms with E-state index in [1.165, 1.54) is 34.1 Å². The van der Waals surface area contributed by atoms with Gasteiger partial charge in [-0.05, 0) is 18.4 Å². The van der Waals surface area contributed by atoms with Crippen LogP contribution < -0.4 is 5.56 Å². The maximum absolute atomic E-state index is 13.4. The molecule has 3 aromatic heterocycles. The van der Waals surface area contributed by atoms with E-state index >= 15 is 0 Å². The maximum Gasteiger partial charge on any atom is 0.263 e. The molecule has 5 rings (SSSR count). The molecule has 1 aromatic carbocycles. The average Bonchev–Trinajstić information content (AvgIpc) is 3.31. The number of hydrogen-bond acceptors (Lipinski definition) is 7. The Balaban J connectivity index is 1.52. The van der Waals surface area contributed by atoms with Crippen molar-refractivity contribution in [2.45, 2.75) is 49.7 Å². The van der Waals surface area contributed by atoms with Crippen molar-refractivity contribution < 1.29 is 0 Å². The van der Waals surface area contributed by atoms with Crippen LogP contribution in [0.25, 0.3) is 21.3 Å². The Morgan fingerprint density at radius 1 is 1.16 bits per heavy atom. The van der Waals surface area contributed by atoms with Crippen LogP contribution in [0.1, 0.15) is 30.9 Å². The van der Waals surface area contributed by atoms with E-state index in [0.29, 0.717) is 21.8 Å². The molecule has 4 aromatic rings. The van der Waals surface area contributed by atoms with Crippen molar-refractivity contribution in [2.24, 2.45) is 0 Å². The first-order valence-corrected chi connectivity index (χ1v) is 12.1. The molecule has 0 atom stereocenters. The zero-order valence-corrected chi connectivity index (χ0v) is 18.5. The Morgan fingerprint density at radius 2 is 2.03 bits per heavy atom. The Morgan fingerprint density at radius 3 is 2.87 bits per heavy atom. The topological polar surface area (TPSA) is 89.4 Å². The number of benzene rings is 1. The number of aryl methyl sites for hydroxylation is 1. The Bertz CT molecular complexity index is 1330. The van der Waals surface area contributed by atoms with Gasteiger partial charge in [0.25, 0.3) is 5.56 Å². The van der Waals surface area contributed by atoms with E-state index in [9.17, 15) is 10.1 Å². The van der Waals surface area contributed by atoms with Crippen LogP contribution in [0.3, 0.4) is 0 Å². The monoisotopic (exact) mass is 448 g/mol. The van der Waals surface area contributed by atoms with Gasteiger partial charge in [0.05, 0.1) is 17.2 Å². The molecule has 0 N–H and O–H groups in total. The van der Waals surface area contributed by atoms with Crippen molar-refractivity contribution >= 4 is 33.3 Å². The molecule has 0 unspecified atom stereocenters. The van der Waals surface area contributed by atoms with E-state index in [1.807, 2.05) is 35.7 Å². The minimum atomic E-state index is -0.165. The molecule has 1 aliphatic rings. The van der Waals surface area contributed by atoms with E-state index in [4.69, 9.17) is 4.98 Å². The van der Waals surface area contributed by atoms with Crippen molar-refractivity contribution in [3.05, 3.63) is 57.7 Å². The van der Waals surface area contributed by atoms with Crippen LogP contribution in [-0.4, -0.2) is 24.3 Å². The molecule has 7 nitrogen and oxygen atoms in total. The van der Waals surface area contributed by atoms with Gasteiger partial charge in [-0.2, -0.15) is 5.26 Å². The van der Waals surface area contributed by atoms with Gasteiger partial charge in [-0.3, -0.25) is 9.36 Å². The van der Waals surface area contributed by atoms with Gasteiger partial charge in [0.15, 0.2) is 5.16 Å². The highest BCUT2D eigenvalue weighted by Gasteiger charge is 2.19. The number of nitrogens with zero attached hydrogens (tertiary/aromatic N) is 6. The quantitative estimate of drug-likeness (QED) is 0.424. The number of thioether (sulfide) groups is 1. The summed E-state index contributed by atoms with van der Waals surface area (Å²) in [7, 11) is 0. The Labute approximate surface area is 187 Å². The van der Waals surface area contributed by atoms with Crippen LogP contribution in [0.2, 0.25) is 0 Å². The Hall–Kier alpha value is -2.96. The number of hydrogen-bond donors (Lipinski definition) is 0. The number of thiophene rings is 1. The smallest absolute Gasteiger partial charge is 0.263 e. The fraction of sp³-hybridized carbons (Fsp3) is 0.318. The molecule has 0 saturated heterocycles. The van der Waals surface area contributed by atoms with Crippen LogP contribution in [-0.2, 0) is 25.3 Å². The van der Waals surface area contributed by atoms with Crippen molar-refractivity contribution in [1.82, 2.24) is 24.3 Å². The summed E-state index contributed by atoms with van der Waals surface area (Å²) in [5.74, 6) is 2.09. The van der Waals surface area contributed by atoms with E-state index in [-0.39, 0.29) is 12.1 Å². The van der Waals surface area contributed by atoms with Gasteiger partial charge in [-0.1, -0.05) is 48.5 Å². The van der Waals surface area contributed by atoms with Crippen molar-refractivity contribution in [3.63, 3.8) is 0 Å². The first-order chi connectivity index (χ1) is 15.3. The minimum Gasteiger partial charge on any atom is -0.306 e. The van der Waals surface area contributed by atoms with Gasteiger partial charge in [0.2, 0.25) is 0 Å². The van der Waals surface area contributed by atoms with E-state index in [1.54, 1.807) is 0 Å². The predicted octanol–water partition coefficient (Wildman–Crippen LogP) is 4.26. The first-order valence-electron chi connectivity index (χ1n) is 10.2. The summed E-state index contributed by atoms with van der Waals surface area (Å²) in [4.78, 5) is 18.9. The van der Waals surface area contributed by atoms with Crippen LogP contribution in [0.15, 0.2) is 45.7 Å². The second-order valence-electron chi connectivity index (χ2n) is 7.42.